The first-order valence-corrected chi connectivity index (χ1v) is 27.5. The molecule has 0 aliphatic carbocycles. The molecule has 0 aliphatic rings. The van der Waals surface area contributed by atoms with E-state index < -0.39 is 39.6 Å². The molecule has 0 aliphatic heterocycles. The Kier molecular flexibility index (Phi) is 19.2. The fourth-order valence-corrected chi connectivity index (χ4v) is 9.67. The van der Waals surface area contributed by atoms with Crippen LogP contribution in [0.15, 0.2) is 218 Å². The van der Waals surface area contributed by atoms with Crippen molar-refractivity contribution in [1.82, 2.24) is 0 Å². The third kappa shape index (κ3) is 14.6. The van der Waals surface area contributed by atoms with Gasteiger partial charge in [0.25, 0.3) is 0 Å². The van der Waals surface area contributed by atoms with E-state index in [2.05, 4.69) is 35.5 Å². The molecule has 0 amide bonds. The number of aliphatic hydroxyl groups is 6. The molecule has 6 N–H and O–H groups in total. The lowest BCUT2D eigenvalue weighted by molar-refractivity contribution is 0.242. The van der Waals surface area contributed by atoms with E-state index in [9.17, 15) is 30.6 Å². The van der Waals surface area contributed by atoms with Crippen molar-refractivity contribution in [2.24, 2.45) is 0 Å². The standard InChI is InChI=1S/C75H60O9/c76-43-67-37-64(38-68(44-77)73(67)82-49-58-28-22-55(23-29-58)19-16-52-10-4-1-5-11-52)61-34-62(65-39-69(45-78)74(70(40-65)46-79)83-50-59-30-24-56(25-31-59)20-17-53-12-6-2-7-13-53)36-63(35-61)66-41-71(47-80)75(72(42-66)48-81)84-51-60-32-26-57(27-33-60)21-18-54-14-8-3-9-15-54/h1-15,22-42,76-81H,43-51H2. The molecule has 0 radical (unpaired) electrons. The molecule has 9 nitrogen and oxygen atoms in total. The molecule has 0 bridgehead atoms. The average Bonchev–Trinajstić information content (AvgIpc) is 2.11. The molecular formula is C75H60O9. The van der Waals surface area contributed by atoms with Gasteiger partial charge in [0.05, 0.1) is 39.6 Å². The van der Waals surface area contributed by atoms with Crippen molar-refractivity contribution in [2.75, 3.05) is 0 Å². The zero-order valence-corrected chi connectivity index (χ0v) is 46.1. The Labute approximate surface area is 490 Å². The predicted octanol–water partition coefficient (Wildman–Crippen LogP) is 12.6. The topological polar surface area (TPSA) is 149 Å². The third-order valence-electron chi connectivity index (χ3n) is 14.1. The molecule has 0 heterocycles. The van der Waals surface area contributed by atoms with Crippen molar-refractivity contribution in [2.45, 2.75) is 59.5 Å². The summed E-state index contributed by atoms with van der Waals surface area (Å²) in [6.07, 6.45) is 0. The molecule has 0 aromatic heterocycles. The van der Waals surface area contributed by atoms with E-state index in [1.807, 2.05) is 218 Å². The summed E-state index contributed by atoms with van der Waals surface area (Å²) in [6, 6.07) is 69.3. The Morgan fingerprint density at radius 2 is 0.417 bits per heavy atom. The van der Waals surface area contributed by atoms with E-state index in [1.165, 1.54) is 0 Å². The fourth-order valence-electron chi connectivity index (χ4n) is 9.67. The van der Waals surface area contributed by atoms with Crippen LogP contribution in [0, 0.1) is 35.5 Å². The summed E-state index contributed by atoms with van der Waals surface area (Å²) in [5, 5.41) is 65.5. The predicted molar refractivity (Wildman–Crippen MR) is 328 cm³/mol. The van der Waals surface area contributed by atoms with Crippen LogP contribution in [-0.2, 0) is 59.5 Å². The monoisotopic (exact) mass is 1100 g/mol. The summed E-state index contributed by atoms with van der Waals surface area (Å²) in [5.74, 6) is 20.2. The van der Waals surface area contributed by atoms with Crippen LogP contribution < -0.4 is 14.2 Å². The highest BCUT2D eigenvalue weighted by Gasteiger charge is 2.20. The molecule has 84 heavy (non-hydrogen) atoms. The minimum Gasteiger partial charge on any atom is -0.488 e. The molecule has 0 fully saturated rings. The zero-order valence-electron chi connectivity index (χ0n) is 46.1. The maximum Gasteiger partial charge on any atom is 0.130 e. The Hall–Kier alpha value is -9.96. The van der Waals surface area contributed by atoms with Gasteiger partial charge in [-0.05, 0) is 177 Å². The van der Waals surface area contributed by atoms with Crippen LogP contribution in [0.4, 0.5) is 0 Å². The fraction of sp³-hybridized carbons (Fsp3) is 0.120. The average molecular weight is 1110 g/mol. The number of ether oxygens (including phenoxy) is 3. The van der Waals surface area contributed by atoms with Gasteiger partial charge in [0.1, 0.15) is 37.1 Å². The number of rotatable bonds is 18. The van der Waals surface area contributed by atoms with Gasteiger partial charge in [0.2, 0.25) is 0 Å². The summed E-state index contributed by atoms with van der Waals surface area (Å²) in [6.45, 7) is -1.85. The normalized spacial score (nSPS) is 10.6. The highest BCUT2D eigenvalue weighted by molar-refractivity contribution is 5.83. The highest BCUT2D eigenvalue weighted by Crippen LogP contribution is 2.41. The van der Waals surface area contributed by atoms with Crippen molar-refractivity contribution < 1.29 is 44.8 Å². The van der Waals surface area contributed by atoms with Gasteiger partial charge in [-0.15, -0.1) is 0 Å². The Bertz CT molecular complexity index is 3560. The molecule has 0 atom stereocenters. The van der Waals surface area contributed by atoms with Gasteiger partial charge in [-0.25, -0.2) is 0 Å². The minimum atomic E-state index is -0.391. The van der Waals surface area contributed by atoms with E-state index in [0.717, 1.165) is 50.1 Å². The third-order valence-corrected chi connectivity index (χ3v) is 14.1. The largest absolute Gasteiger partial charge is 0.488 e. The molecule has 0 saturated heterocycles. The van der Waals surface area contributed by atoms with Gasteiger partial charge in [-0.1, -0.05) is 127 Å². The highest BCUT2D eigenvalue weighted by atomic mass is 16.5. The smallest absolute Gasteiger partial charge is 0.130 e. The van der Waals surface area contributed by atoms with Gasteiger partial charge in [0, 0.05) is 66.8 Å². The lowest BCUT2D eigenvalue weighted by Gasteiger charge is -2.20. The van der Waals surface area contributed by atoms with Crippen molar-refractivity contribution in [1.29, 1.82) is 0 Å². The van der Waals surface area contributed by atoms with Crippen LogP contribution in [0.25, 0.3) is 33.4 Å². The first kappa shape index (κ1) is 57.3. The minimum absolute atomic E-state index is 0.166. The lowest BCUT2D eigenvalue weighted by Crippen LogP contribution is -2.04. The summed E-state index contributed by atoms with van der Waals surface area (Å²) in [4.78, 5) is 0. The molecule has 9 heteroatoms. The second kappa shape index (κ2) is 28.2. The zero-order chi connectivity index (χ0) is 58.0. The first-order chi connectivity index (χ1) is 41.3. The second-order valence-corrected chi connectivity index (χ2v) is 19.9. The number of hydrogen-bond acceptors (Lipinski definition) is 9. The van der Waals surface area contributed by atoms with Crippen molar-refractivity contribution in [3.63, 3.8) is 0 Å². The van der Waals surface area contributed by atoms with Crippen LogP contribution in [0.5, 0.6) is 17.2 Å². The first-order valence-electron chi connectivity index (χ1n) is 27.5. The van der Waals surface area contributed by atoms with Crippen molar-refractivity contribution in [3.8, 4) is 86.2 Å². The number of benzene rings is 10. The van der Waals surface area contributed by atoms with Crippen LogP contribution in [0.3, 0.4) is 0 Å². The lowest BCUT2D eigenvalue weighted by atomic mass is 9.89. The molecule has 0 unspecified atom stereocenters. The van der Waals surface area contributed by atoms with Gasteiger partial charge in [0.15, 0.2) is 0 Å². The Morgan fingerprint density at radius 3 is 0.619 bits per heavy atom. The summed E-state index contributed by atoms with van der Waals surface area (Å²) in [7, 11) is 0. The summed E-state index contributed by atoms with van der Waals surface area (Å²) >= 11 is 0. The van der Waals surface area contributed by atoms with E-state index in [1.54, 1.807) is 0 Å². The second-order valence-electron chi connectivity index (χ2n) is 19.9. The summed E-state index contributed by atoms with van der Waals surface area (Å²) in [5.41, 5.74) is 14.7. The molecule has 0 spiro atoms. The van der Waals surface area contributed by atoms with Gasteiger partial charge >= 0.3 is 0 Å². The molecule has 10 aromatic rings. The Morgan fingerprint density at radius 1 is 0.226 bits per heavy atom. The van der Waals surface area contributed by atoms with E-state index in [-0.39, 0.29) is 19.8 Å². The quantitative estimate of drug-likeness (QED) is 0.0462. The van der Waals surface area contributed by atoms with Crippen LogP contribution in [0.2, 0.25) is 0 Å². The van der Waals surface area contributed by atoms with Crippen molar-refractivity contribution >= 4 is 0 Å². The van der Waals surface area contributed by atoms with Crippen LogP contribution in [-0.4, -0.2) is 30.6 Å². The van der Waals surface area contributed by atoms with E-state index in [4.69, 9.17) is 14.2 Å². The van der Waals surface area contributed by atoms with Crippen molar-refractivity contribution in [3.05, 3.63) is 302 Å². The Balaban J connectivity index is 0.974. The molecule has 414 valence electrons. The molecule has 10 aromatic carbocycles. The maximum absolute atomic E-state index is 10.9. The van der Waals surface area contributed by atoms with E-state index in [0.29, 0.717) is 84.0 Å². The van der Waals surface area contributed by atoms with Gasteiger partial charge < -0.3 is 44.8 Å². The van der Waals surface area contributed by atoms with Gasteiger partial charge in [-0.3, -0.25) is 0 Å². The summed E-state index contributed by atoms with van der Waals surface area (Å²) < 4.78 is 19.1. The van der Waals surface area contributed by atoms with E-state index >= 15 is 0 Å². The van der Waals surface area contributed by atoms with Crippen LogP contribution in [0.1, 0.15) is 83.5 Å². The van der Waals surface area contributed by atoms with Gasteiger partial charge in [-0.2, -0.15) is 0 Å². The molecule has 10 rings (SSSR count). The number of aliphatic hydroxyl groups excluding tert-OH is 6. The number of hydrogen-bond donors (Lipinski definition) is 6. The maximum atomic E-state index is 10.9. The van der Waals surface area contributed by atoms with Crippen LogP contribution >= 0.6 is 0 Å². The molecule has 0 saturated carbocycles. The molecular weight excluding hydrogens is 1040 g/mol. The SMILES string of the molecule is OCc1cc(-c2cc(-c3cc(CO)c(OCc4ccc(C#Cc5ccccc5)cc4)c(CO)c3)cc(-c3cc(CO)c(OCc4ccc(C#Cc5ccccc5)cc4)c(CO)c3)c2)cc(CO)c1OCc1ccc(C#Cc2ccccc2)cc1.